The van der Waals surface area contributed by atoms with Crippen LogP contribution in [0.1, 0.15) is 17.4 Å². The summed E-state index contributed by atoms with van der Waals surface area (Å²) in [4.78, 5) is 12.8. The number of thiophene rings is 1. The molecule has 1 aromatic heterocycles. The number of hydrogen-bond donors (Lipinski definition) is 2. The second-order valence-corrected chi connectivity index (χ2v) is 10.2. The van der Waals surface area contributed by atoms with E-state index in [9.17, 15) is 21.6 Å². The number of hydrogen-bond acceptors (Lipinski definition) is 6. The maximum Gasteiger partial charge on any atom is 0.490 e. The summed E-state index contributed by atoms with van der Waals surface area (Å²) in [6.45, 7) is 7.93. The lowest BCUT2D eigenvalue weighted by Gasteiger charge is -2.19. The van der Waals surface area contributed by atoms with Gasteiger partial charge in [-0.2, -0.15) is 13.2 Å². The predicted molar refractivity (Wildman–Crippen MR) is 102 cm³/mol. The first-order valence-corrected chi connectivity index (χ1v) is 11.6. The summed E-state index contributed by atoms with van der Waals surface area (Å²) >= 11 is 1.81. The van der Waals surface area contributed by atoms with Crippen molar-refractivity contribution in [1.29, 1.82) is 0 Å². The summed E-state index contributed by atoms with van der Waals surface area (Å²) < 4.78 is 63.5. The van der Waals surface area contributed by atoms with Crippen LogP contribution in [0.2, 0.25) is 0 Å². The Hall–Kier alpha value is -1.21. The molecule has 7 nitrogen and oxygen atoms in total. The summed E-state index contributed by atoms with van der Waals surface area (Å²) in [7, 11) is -3.11. The van der Waals surface area contributed by atoms with Gasteiger partial charge in [-0.05, 0) is 30.9 Å². The molecule has 0 saturated carbocycles. The Morgan fingerprint density at radius 2 is 2.07 bits per heavy atom. The molecule has 0 amide bonds. The van der Waals surface area contributed by atoms with Gasteiger partial charge in [0.15, 0.2) is 0 Å². The quantitative estimate of drug-likeness (QED) is 0.678. The van der Waals surface area contributed by atoms with E-state index in [1.165, 1.54) is 10.4 Å². The van der Waals surface area contributed by atoms with Crippen molar-refractivity contribution >= 4 is 27.3 Å². The Kier molecular flexibility index (Phi) is 8.08. The minimum absolute atomic E-state index is 0.137. The lowest BCUT2D eigenvalue weighted by atomic mass is 9.93. The number of rotatable bonds is 6. The second-order valence-electron chi connectivity index (χ2n) is 7.07. The maximum atomic E-state index is 11.6. The minimum Gasteiger partial charge on any atom is -0.475 e. The highest BCUT2D eigenvalue weighted by atomic mass is 32.2. The highest BCUT2D eigenvalue weighted by molar-refractivity contribution is 7.89. The summed E-state index contributed by atoms with van der Waals surface area (Å²) in [6, 6.07) is 2.16. The molecular weight excluding hydrogens is 433 g/mol. The molecule has 0 radical (unpaired) electrons. The number of nitrogens with one attached hydrogen (secondary N) is 1. The highest BCUT2D eigenvalue weighted by Gasteiger charge is 2.43. The third-order valence-electron chi connectivity index (χ3n) is 5.04. The largest absolute Gasteiger partial charge is 0.490 e. The van der Waals surface area contributed by atoms with Gasteiger partial charge in [-0.1, -0.05) is 0 Å². The van der Waals surface area contributed by atoms with E-state index < -0.39 is 22.2 Å². The molecule has 12 heteroatoms. The topological polar surface area (TPSA) is 95.9 Å². The molecule has 0 bridgehead atoms. The van der Waals surface area contributed by atoms with Crippen molar-refractivity contribution < 1.29 is 36.2 Å². The number of aryl methyl sites for hydroxylation is 1. The van der Waals surface area contributed by atoms with Gasteiger partial charge in [-0.15, -0.1) is 11.3 Å². The number of ether oxygens (including phenoxy) is 1. The zero-order valence-corrected chi connectivity index (χ0v) is 17.7. The Balaban J connectivity index is 0.000000370. The number of aliphatic carboxylic acids is 1. The molecule has 3 rings (SSSR count). The smallest absolute Gasteiger partial charge is 0.475 e. The first-order chi connectivity index (χ1) is 13.4. The molecular formula is C17H25F3N2O5S2. The molecule has 3 heterocycles. The SMILES string of the molecule is CCS(=O)(=O)NC[C@H]1CO[C@@H]2CN(Cc3sccc3C)C[C@H]12.O=C(O)C(F)(F)F. The Labute approximate surface area is 171 Å². The standard InChI is InChI=1S/C15H24N2O3S2.C2HF3O2/c1-3-22(18,19)16-6-12-10-20-14-8-17(7-13(12)14)9-15-11(2)4-5-21-15;3-2(4,5)1(6)7/h4-5,12-14,16H,3,6-10H2,1-2H3;(H,6,7)/t12-,13+,14+;/m0./s1. The first-order valence-electron chi connectivity index (χ1n) is 9.07. The van der Waals surface area contributed by atoms with Crippen molar-refractivity contribution in [1.82, 2.24) is 9.62 Å². The van der Waals surface area contributed by atoms with Crippen molar-refractivity contribution in [2.24, 2.45) is 11.8 Å². The first kappa shape index (κ1) is 24.1. The molecule has 2 fully saturated rings. The van der Waals surface area contributed by atoms with Gasteiger partial charge in [0.1, 0.15) is 0 Å². The monoisotopic (exact) mass is 458 g/mol. The van der Waals surface area contributed by atoms with Crippen molar-refractivity contribution in [3.63, 3.8) is 0 Å². The number of sulfonamides is 1. The molecule has 3 atom stereocenters. The molecule has 2 saturated heterocycles. The number of alkyl halides is 3. The van der Waals surface area contributed by atoms with E-state index in [0.717, 1.165) is 19.6 Å². The number of likely N-dealkylation sites (tertiary alicyclic amines) is 1. The van der Waals surface area contributed by atoms with E-state index in [0.29, 0.717) is 25.0 Å². The molecule has 2 aliphatic rings. The number of halogens is 3. The number of nitrogens with zero attached hydrogens (tertiary/aromatic N) is 1. The fraction of sp³-hybridized carbons (Fsp3) is 0.706. The van der Waals surface area contributed by atoms with Gasteiger partial charge in [-0.25, -0.2) is 17.9 Å². The van der Waals surface area contributed by atoms with Crippen LogP contribution in [0.25, 0.3) is 0 Å². The molecule has 2 aliphatic heterocycles. The summed E-state index contributed by atoms with van der Waals surface area (Å²) in [5.41, 5.74) is 1.36. The van der Waals surface area contributed by atoms with E-state index >= 15 is 0 Å². The van der Waals surface area contributed by atoms with E-state index in [4.69, 9.17) is 14.6 Å². The molecule has 0 spiro atoms. The van der Waals surface area contributed by atoms with Crippen molar-refractivity contribution in [2.75, 3.05) is 32.0 Å². The van der Waals surface area contributed by atoms with Gasteiger partial charge in [-0.3, -0.25) is 4.90 Å². The third-order valence-corrected chi connectivity index (χ3v) is 7.41. The van der Waals surface area contributed by atoms with Crippen LogP contribution >= 0.6 is 11.3 Å². The molecule has 29 heavy (non-hydrogen) atoms. The molecule has 166 valence electrons. The maximum absolute atomic E-state index is 11.6. The predicted octanol–water partition coefficient (Wildman–Crippen LogP) is 2.08. The fourth-order valence-electron chi connectivity index (χ4n) is 3.32. The van der Waals surface area contributed by atoms with Gasteiger partial charge >= 0.3 is 12.1 Å². The molecule has 0 unspecified atom stereocenters. The van der Waals surface area contributed by atoms with Crippen molar-refractivity contribution in [3.8, 4) is 0 Å². The summed E-state index contributed by atoms with van der Waals surface area (Å²) in [5, 5.41) is 9.26. The van der Waals surface area contributed by atoms with Crippen LogP contribution in [-0.4, -0.2) is 68.7 Å². The van der Waals surface area contributed by atoms with Crippen LogP contribution in [0, 0.1) is 18.8 Å². The van der Waals surface area contributed by atoms with Gasteiger partial charge < -0.3 is 9.84 Å². The van der Waals surface area contributed by atoms with Crippen LogP contribution < -0.4 is 4.72 Å². The lowest BCUT2D eigenvalue weighted by molar-refractivity contribution is -0.192. The number of carbonyl (C=O) groups is 1. The fourth-order valence-corrected chi connectivity index (χ4v) is 4.94. The van der Waals surface area contributed by atoms with Crippen molar-refractivity contribution in [2.45, 2.75) is 32.7 Å². The average Bonchev–Trinajstić information content (AvgIpc) is 3.30. The van der Waals surface area contributed by atoms with Crippen LogP contribution in [0.5, 0.6) is 0 Å². The Morgan fingerprint density at radius 1 is 1.41 bits per heavy atom. The van der Waals surface area contributed by atoms with E-state index in [-0.39, 0.29) is 11.9 Å². The van der Waals surface area contributed by atoms with Crippen LogP contribution in [-0.2, 0) is 26.1 Å². The summed E-state index contributed by atoms with van der Waals surface area (Å²) in [5.74, 6) is -1.88. The zero-order chi connectivity index (χ0) is 21.8. The van der Waals surface area contributed by atoms with Gasteiger partial charge in [0.05, 0.1) is 18.5 Å². The van der Waals surface area contributed by atoms with Crippen LogP contribution in [0.15, 0.2) is 11.4 Å². The van der Waals surface area contributed by atoms with E-state index in [2.05, 4.69) is 28.0 Å². The molecule has 2 N–H and O–H groups in total. The third kappa shape index (κ3) is 6.92. The average molecular weight is 459 g/mol. The number of carboxylic acid groups (broad SMARTS) is 1. The number of carboxylic acids is 1. The second kappa shape index (κ2) is 9.73. The highest BCUT2D eigenvalue weighted by Crippen LogP contribution is 2.34. The molecule has 0 aliphatic carbocycles. The molecule has 1 aromatic rings. The van der Waals surface area contributed by atoms with Crippen LogP contribution in [0.3, 0.4) is 0 Å². The van der Waals surface area contributed by atoms with Gasteiger partial charge in [0.2, 0.25) is 10.0 Å². The normalized spacial score (nSPS) is 24.8. The van der Waals surface area contributed by atoms with Crippen molar-refractivity contribution in [3.05, 3.63) is 21.9 Å². The Morgan fingerprint density at radius 3 is 2.59 bits per heavy atom. The minimum atomic E-state index is -5.08. The summed E-state index contributed by atoms with van der Waals surface area (Å²) in [6.07, 6.45) is -4.82. The van der Waals surface area contributed by atoms with Crippen LogP contribution in [0.4, 0.5) is 13.2 Å². The van der Waals surface area contributed by atoms with E-state index in [1.807, 2.05) is 11.3 Å². The van der Waals surface area contributed by atoms with E-state index in [1.54, 1.807) is 6.92 Å². The Bertz CT molecular complexity index is 797. The zero-order valence-electron chi connectivity index (χ0n) is 16.1. The molecule has 0 aromatic carbocycles. The lowest BCUT2D eigenvalue weighted by Crippen LogP contribution is -2.34. The number of fused-ring (bicyclic) bond motifs is 1. The van der Waals surface area contributed by atoms with Gasteiger partial charge in [0.25, 0.3) is 0 Å². The van der Waals surface area contributed by atoms with Gasteiger partial charge in [0, 0.05) is 42.9 Å².